The van der Waals surface area contributed by atoms with Crippen molar-refractivity contribution in [3.05, 3.63) is 81.7 Å². The predicted octanol–water partition coefficient (Wildman–Crippen LogP) is 5.72. The van der Waals surface area contributed by atoms with Gasteiger partial charge in [-0.2, -0.15) is 4.31 Å². The number of aryl methyl sites for hydroxylation is 2. The molecule has 8 nitrogen and oxygen atoms in total. The summed E-state index contributed by atoms with van der Waals surface area (Å²) < 4.78 is 63.7. The smallest absolute Gasteiger partial charge is 0.308 e. The van der Waals surface area contributed by atoms with Crippen molar-refractivity contribution in [3.8, 4) is 22.6 Å². The molecule has 0 amide bonds. The molecule has 0 radical (unpaired) electrons. The molecular formula is C33H36FNO7S. The second-order valence-corrected chi connectivity index (χ2v) is 13.6. The van der Waals surface area contributed by atoms with Gasteiger partial charge in [-0.15, -0.1) is 0 Å². The van der Waals surface area contributed by atoms with Gasteiger partial charge in [0.15, 0.2) is 0 Å². The topological polar surface area (TPSA) is 91.4 Å². The van der Waals surface area contributed by atoms with E-state index in [2.05, 4.69) is 0 Å². The quantitative estimate of drug-likeness (QED) is 0.302. The second kappa shape index (κ2) is 11.6. The molecule has 1 aliphatic carbocycles. The molecule has 2 aliphatic heterocycles. The van der Waals surface area contributed by atoms with E-state index in [1.54, 1.807) is 0 Å². The molecule has 2 heterocycles. The zero-order chi connectivity index (χ0) is 30.5. The average Bonchev–Trinajstić information content (AvgIpc) is 3.69. The van der Waals surface area contributed by atoms with Crippen LogP contribution in [-0.2, 0) is 37.3 Å². The van der Waals surface area contributed by atoms with Gasteiger partial charge in [-0.25, -0.2) is 12.8 Å². The third-order valence-corrected chi connectivity index (χ3v) is 9.97. The Labute approximate surface area is 251 Å². The monoisotopic (exact) mass is 609 g/mol. The first-order chi connectivity index (χ1) is 20.5. The number of nitrogens with zero attached hydrogens (tertiary/aromatic N) is 1. The van der Waals surface area contributed by atoms with E-state index in [0.717, 1.165) is 38.9 Å². The number of benzene rings is 3. The first-order valence-electron chi connectivity index (χ1n) is 14.5. The Kier molecular flexibility index (Phi) is 7.95. The number of esters is 1. The number of ether oxygens (including phenoxy) is 4. The molecule has 3 aromatic carbocycles. The van der Waals surface area contributed by atoms with Gasteiger partial charge in [-0.3, -0.25) is 4.79 Å². The molecule has 1 saturated heterocycles. The Morgan fingerprint density at radius 1 is 1.05 bits per heavy atom. The van der Waals surface area contributed by atoms with E-state index in [9.17, 15) is 13.2 Å². The average molecular weight is 610 g/mol. The summed E-state index contributed by atoms with van der Waals surface area (Å²) in [5, 5.41) is 0. The number of sulfonamides is 1. The van der Waals surface area contributed by atoms with Crippen LogP contribution in [0.4, 0.5) is 4.39 Å². The number of hydrogen-bond donors (Lipinski definition) is 0. The van der Waals surface area contributed by atoms with Crippen LogP contribution < -0.4 is 9.47 Å². The largest absolute Gasteiger partial charge is 0.489 e. The molecule has 0 saturated carbocycles. The molecule has 3 aliphatic rings. The fourth-order valence-electron chi connectivity index (χ4n) is 6.67. The molecule has 0 bridgehead atoms. The molecule has 0 unspecified atom stereocenters. The van der Waals surface area contributed by atoms with Crippen molar-refractivity contribution in [2.75, 3.05) is 26.5 Å². The predicted molar refractivity (Wildman–Crippen MR) is 159 cm³/mol. The highest BCUT2D eigenvalue weighted by Gasteiger charge is 2.33. The Bertz CT molecular complexity index is 1670. The van der Waals surface area contributed by atoms with Crippen molar-refractivity contribution >= 4 is 16.0 Å². The zero-order valence-corrected chi connectivity index (χ0v) is 25.6. The highest BCUT2D eigenvalue weighted by molar-refractivity contribution is 7.88. The van der Waals surface area contributed by atoms with Gasteiger partial charge in [0, 0.05) is 12.1 Å². The molecule has 3 aromatic rings. The first kappa shape index (κ1) is 29.6. The van der Waals surface area contributed by atoms with Gasteiger partial charge in [-0.1, -0.05) is 12.1 Å². The fourth-order valence-corrected chi connectivity index (χ4v) is 7.55. The van der Waals surface area contributed by atoms with E-state index in [1.807, 2.05) is 50.2 Å². The summed E-state index contributed by atoms with van der Waals surface area (Å²) >= 11 is 0. The normalized spacial score (nSPS) is 21.5. The maximum absolute atomic E-state index is 15.4. The van der Waals surface area contributed by atoms with E-state index < -0.39 is 16.1 Å². The maximum Gasteiger partial charge on any atom is 0.308 e. The Morgan fingerprint density at radius 3 is 2.51 bits per heavy atom. The Balaban J connectivity index is 1.22. The van der Waals surface area contributed by atoms with Gasteiger partial charge in [0.2, 0.25) is 10.0 Å². The summed E-state index contributed by atoms with van der Waals surface area (Å²) in [6.45, 7) is 5.22. The van der Waals surface area contributed by atoms with Crippen LogP contribution in [0.3, 0.4) is 0 Å². The minimum Gasteiger partial charge on any atom is -0.489 e. The molecule has 0 spiro atoms. The second-order valence-electron chi connectivity index (χ2n) is 11.7. The first-order valence-corrected chi connectivity index (χ1v) is 16.4. The van der Waals surface area contributed by atoms with Crippen molar-refractivity contribution in [3.63, 3.8) is 0 Å². The lowest BCUT2D eigenvalue weighted by Gasteiger charge is -2.20. The van der Waals surface area contributed by atoms with Crippen molar-refractivity contribution < 1.29 is 36.6 Å². The number of halogens is 1. The minimum atomic E-state index is -3.24. The third kappa shape index (κ3) is 5.88. The van der Waals surface area contributed by atoms with E-state index in [-0.39, 0.29) is 30.4 Å². The van der Waals surface area contributed by atoms with Crippen molar-refractivity contribution in [1.29, 1.82) is 0 Å². The summed E-state index contributed by atoms with van der Waals surface area (Å²) in [6, 6.07) is 13.0. The van der Waals surface area contributed by atoms with E-state index in [1.165, 1.54) is 23.7 Å². The highest BCUT2D eigenvalue weighted by atomic mass is 32.2. The number of hydrogen-bond acceptors (Lipinski definition) is 7. The standard InChI is InChI=1S/C33H36FNO7S/c1-19-13-24(41-23-11-12-35(17-23)43(4,37)38)14-20(2)32(19)26-7-9-28(34)33-27(26)8-10-29(33)42-22-5-6-25-21(15-22)18-40-30(25)16-31(36)39-3/h5-7,9,13-15,23,29-30H,8,10-12,16-18H2,1-4H3/t23-,29+,30-/m0/s1. The molecular weight excluding hydrogens is 573 g/mol. The maximum atomic E-state index is 15.4. The Hall–Kier alpha value is -3.47. The van der Waals surface area contributed by atoms with Crippen LogP contribution in [0.25, 0.3) is 11.1 Å². The summed E-state index contributed by atoms with van der Waals surface area (Å²) in [5.74, 6) is 0.734. The molecule has 0 N–H and O–H groups in total. The van der Waals surface area contributed by atoms with E-state index in [4.69, 9.17) is 18.9 Å². The summed E-state index contributed by atoms with van der Waals surface area (Å²) in [4.78, 5) is 11.7. The van der Waals surface area contributed by atoms with Gasteiger partial charge in [0.25, 0.3) is 0 Å². The van der Waals surface area contributed by atoms with Crippen LogP contribution in [-0.4, -0.2) is 51.3 Å². The minimum absolute atomic E-state index is 0.155. The number of rotatable bonds is 8. The third-order valence-electron chi connectivity index (χ3n) is 8.70. The van der Waals surface area contributed by atoms with E-state index >= 15 is 4.39 Å². The lowest BCUT2D eigenvalue weighted by molar-refractivity contribution is -0.143. The van der Waals surface area contributed by atoms with Gasteiger partial charge in [-0.05, 0) is 102 Å². The van der Waals surface area contributed by atoms with Crippen molar-refractivity contribution in [2.24, 2.45) is 0 Å². The molecule has 10 heteroatoms. The van der Waals surface area contributed by atoms with Crippen LogP contribution in [0.5, 0.6) is 11.5 Å². The number of carbonyl (C=O) groups is 1. The molecule has 43 heavy (non-hydrogen) atoms. The number of carbonyl (C=O) groups excluding carboxylic acids is 1. The van der Waals surface area contributed by atoms with Gasteiger partial charge in [0.05, 0.1) is 39.0 Å². The zero-order valence-electron chi connectivity index (χ0n) is 24.8. The van der Waals surface area contributed by atoms with Crippen LogP contribution in [0.1, 0.15) is 64.9 Å². The SMILES string of the molecule is COC(=O)C[C@@H]1OCc2cc(O[C@@H]3CCc4c(-c5c(C)cc(O[C@H]6CCN(S(C)(=O)=O)C6)cc5C)ccc(F)c43)ccc21. The van der Waals surface area contributed by atoms with Crippen LogP contribution in [0.2, 0.25) is 0 Å². The lowest BCUT2D eigenvalue weighted by atomic mass is 9.90. The van der Waals surface area contributed by atoms with Crippen molar-refractivity contribution in [2.45, 2.75) is 64.4 Å². The molecule has 1 fully saturated rings. The highest BCUT2D eigenvalue weighted by Crippen LogP contribution is 2.44. The van der Waals surface area contributed by atoms with Gasteiger partial charge < -0.3 is 18.9 Å². The lowest BCUT2D eigenvalue weighted by Crippen LogP contribution is -2.29. The van der Waals surface area contributed by atoms with Crippen molar-refractivity contribution in [1.82, 2.24) is 4.31 Å². The van der Waals surface area contributed by atoms with Crippen LogP contribution in [0.15, 0.2) is 42.5 Å². The van der Waals surface area contributed by atoms with Crippen LogP contribution >= 0.6 is 0 Å². The Morgan fingerprint density at radius 2 is 1.81 bits per heavy atom. The fraction of sp³-hybridized carbons (Fsp3) is 0.424. The number of methoxy groups -OCH3 is 1. The molecule has 6 rings (SSSR count). The molecule has 228 valence electrons. The summed E-state index contributed by atoms with van der Waals surface area (Å²) in [5.41, 5.74) is 7.47. The summed E-state index contributed by atoms with van der Waals surface area (Å²) in [6.07, 6.45) is 2.39. The molecule has 3 atom stereocenters. The van der Waals surface area contributed by atoms with Gasteiger partial charge >= 0.3 is 5.97 Å². The number of fused-ring (bicyclic) bond motifs is 2. The summed E-state index contributed by atoms with van der Waals surface area (Å²) in [7, 11) is -1.88. The van der Waals surface area contributed by atoms with E-state index in [0.29, 0.717) is 56.0 Å². The van der Waals surface area contributed by atoms with Crippen LogP contribution in [0, 0.1) is 19.7 Å². The van der Waals surface area contributed by atoms with Gasteiger partial charge in [0.1, 0.15) is 29.5 Å². The molecule has 0 aromatic heterocycles.